The van der Waals surface area contributed by atoms with Gasteiger partial charge in [-0.2, -0.15) is 0 Å². The smallest absolute Gasteiger partial charge is 0.224 e. The third-order valence-corrected chi connectivity index (χ3v) is 3.32. The molecule has 0 aliphatic carbocycles. The van der Waals surface area contributed by atoms with E-state index in [9.17, 15) is 4.79 Å². The van der Waals surface area contributed by atoms with Crippen LogP contribution < -0.4 is 10.6 Å². The van der Waals surface area contributed by atoms with Gasteiger partial charge < -0.3 is 10.6 Å². The summed E-state index contributed by atoms with van der Waals surface area (Å²) in [5, 5.41) is 6.46. The number of unbranched alkanes of at least 4 members (excludes halogenated alkanes) is 1. The lowest BCUT2D eigenvalue weighted by atomic mass is 10.0. The lowest BCUT2D eigenvalue weighted by Gasteiger charge is -2.20. The summed E-state index contributed by atoms with van der Waals surface area (Å²) in [5.41, 5.74) is 0. The SMILES string of the molecule is CCCCC(CCC)NC(=O)C1CCNC1.Cl. The highest BCUT2D eigenvalue weighted by Gasteiger charge is 2.23. The van der Waals surface area contributed by atoms with E-state index in [0.29, 0.717) is 6.04 Å². The maximum atomic E-state index is 11.9. The van der Waals surface area contributed by atoms with Gasteiger partial charge in [0.25, 0.3) is 0 Å². The summed E-state index contributed by atoms with van der Waals surface area (Å²) in [6, 6.07) is 0.401. The Morgan fingerprint density at radius 3 is 2.65 bits per heavy atom. The zero-order valence-corrected chi connectivity index (χ0v) is 11.9. The van der Waals surface area contributed by atoms with E-state index in [1.165, 1.54) is 12.8 Å². The molecule has 0 spiro atoms. The summed E-state index contributed by atoms with van der Waals surface area (Å²) >= 11 is 0. The standard InChI is InChI=1S/C13H26N2O.ClH/c1-3-5-7-12(6-4-2)15-13(16)11-8-9-14-10-11;/h11-12,14H,3-10H2,1-2H3,(H,15,16);1H. The molecule has 1 heterocycles. The number of halogens is 1. The first-order valence-corrected chi connectivity index (χ1v) is 6.79. The van der Waals surface area contributed by atoms with Crippen molar-refractivity contribution in [2.45, 2.75) is 58.4 Å². The van der Waals surface area contributed by atoms with Crippen molar-refractivity contribution in [3.05, 3.63) is 0 Å². The van der Waals surface area contributed by atoms with Crippen LogP contribution in [0.1, 0.15) is 52.4 Å². The fraction of sp³-hybridized carbons (Fsp3) is 0.923. The van der Waals surface area contributed by atoms with Crippen LogP contribution in [0.15, 0.2) is 0 Å². The van der Waals surface area contributed by atoms with Crippen LogP contribution in [0, 0.1) is 5.92 Å². The molecule has 1 rings (SSSR count). The van der Waals surface area contributed by atoms with Crippen LogP contribution in [0.4, 0.5) is 0 Å². The molecule has 1 saturated heterocycles. The predicted octanol–water partition coefficient (Wildman–Crippen LogP) is 2.49. The number of nitrogens with one attached hydrogen (secondary N) is 2. The maximum Gasteiger partial charge on any atom is 0.224 e. The minimum Gasteiger partial charge on any atom is -0.353 e. The van der Waals surface area contributed by atoms with Crippen LogP contribution in [-0.4, -0.2) is 25.0 Å². The number of hydrogen-bond acceptors (Lipinski definition) is 2. The van der Waals surface area contributed by atoms with Crippen molar-refractivity contribution in [1.29, 1.82) is 0 Å². The Morgan fingerprint density at radius 1 is 1.35 bits per heavy atom. The molecular formula is C13H27ClN2O. The Kier molecular flexibility index (Phi) is 9.56. The Bertz CT molecular complexity index is 206. The average Bonchev–Trinajstić information content (AvgIpc) is 2.79. The van der Waals surface area contributed by atoms with E-state index in [1.807, 2.05) is 0 Å². The molecule has 0 saturated carbocycles. The second-order valence-corrected chi connectivity index (χ2v) is 4.83. The van der Waals surface area contributed by atoms with Gasteiger partial charge in [0.15, 0.2) is 0 Å². The molecule has 0 aromatic rings. The number of amides is 1. The van der Waals surface area contributed by atoms with Gasteiger partial charge in [-0.15, -0.1) is 12.4 Å². The second-order valence-electron chi connectivity index (χ2n) is 4.83. The molecule has 2 atom stereocenters. The third kappa shape index (κ3) is 6.27. The van der Waals surface area contributed by atoms with Crippen LogP contribution in [-0.2, 0) is 4.79 Å². The summed E-state index contributed by atoms with van der Waals surface area (Å²) in [5.74, 6) is 0.473. The summed E-state index contributed by atoms with van der Waals surface area (Å²) in [6.07, 6.45) is 6.83. The van der Waals surface area contributed by atoms with Crippen molar-refractivity contribution in [3.63, 3.8) is 0 Å². The molecule has 1 aliphatic rings. The molecule has 4 heteroatoms. The van der Waals surface area contributed by atoms with Crippen LogP contribution >= 0.6 is 12.4 Å². The van der Waals surface area contributed by atoms with E-state index in [1.54, 1.807) is 0 Å². The van der Waals surface area contributed by atoms with Crippen LogP contribution in [0.5, 0.6) is 0 Å². The number of hydrogen-bond donors (Lipinski definition) is 2. The molecule has 2 unspecified atom stereocenters. The Labute approximate surface area is 112 Å². The lowest BCUT2D eigenvalue weighted by Crippen LogP contribution is -2.39. The molecule has 3 nitrogen and oxygen atoms in total. The fourth-order valence-corrected chi connectivity index (χ4v) is 2.29. The first-order valence-electron chi connectivity index (χ1n) is 6.79. The van der Waals surface area contributed by atoms with Gasteiger partial charge in [0, 0.05) is 12.6 Å². The van der Waals surface area contributed by atoms with Gasteiger partial charge in [-0.25, -0.2) is 0 Å². The monoisotopic (exact) mass is 262 g/mol. The first-order chi connectivity index (χ1) is 7.77. The van der Waals surface area contributed by atoms with Gasteiger partial charge in [0.2, 0.25) is 5.91 Å². The molecule has 0 radical (unpaired) electrons. The van der Waals surface area contributed by atoms with Crippen molar-refractivity contribution in [1.82, 2.24) is 10.6 Å². The highest BCUT2D eigenvalue weighted by molar-refractivity contribution is 5.85. The first kappa shape index (κ1) is 16.7. The van der Waals surface area contributed by atoms with E-state index >= 15 is 0 Å². The topological polar surface area (TPSA) is 41.1 Å². The molecule has 1 fully saturated rings. The summed E-state index contributed by atoms with van der Waals surface area (Å²) in [4.78, 5) is 11.9. The zero-order valence-electron chi connectivity index (χ0n) is 11.1. The average molecular weight is 263 g/mol. The molecule has 0 aromatic carbocycles. The van der Waals surface area contributed by atoms with Gasteiger partial charge in [0.05, 0.1) is 5.92 Å². The summed E-state index contributed by atoms with van der Waals surface area (Å²) in [6.45, 7) is 6.23. The quantitative estimate of drug-likeness (QED) is 0.740. The van der Waals surface area contributed by atoms with Crippen molar-refractivity contribution < 1.29 is 4.79 Å². The van der Waals surface area contributed by atoms with E-state index in [0.717, 1.165) is 38.8 Å². The fourth-order valence-electron chi connectivity index (χ4n) is 2.29. The minimum atomic E-state index is 0. The summed E-state index contributed by atoms with van der Waals surface area (Å²) in [7, 11) is 0. The molecule has 0 aromatic heterocycles. The number of carbonyl (C=O) groups excluding carboxylic acids is 1. The molecule has 2 N–H and O–H groups in total. The lowest BCUT2D eigenvalue weighted by molar-refractivity contribution is -0.125. The third-order valence-electron chi connectivity index (χ3n) is 3.32. The van der Waals surface area contributed by atoms with Crippen LogP contribution in [0.2, 0.25) is 0 Å². The largest absolute Gasteiger partial charge is 0.353 e. The van der Waals surface area contributed by atoms with Gasteiger partial charge in [0.1, 0.15) is 0 Å². The molecule has 1 aliphatic heterocycles. The molecule has 1 amide bonds. The predicted molar refractivity (Wildman–Crippen MR) is 74.6 cm³/mol. The van der Waals surface area contributed by atoms with Gasteiger partial charge in [-0.1, -0.05) is 33.1 Å². The van der Waals surface area contributed by atoms with Crippen LogP contribution in [0.25, 0.3) is 0 Å². The van der Waals surface area contributed by atoms with E-state index in [-0.39, 0.29) is 24.2 Å². The van der Waals surface area contributed by atoms with Gasteiger partial charge in [-0.3, -0.25) is 4.79 Å². The van der Waals surface area contributed by atoms with E-state index < -0.39 is 0 Å². The Balaban J connectivity index is 0.00000256. The highest BCUT2D eigenvalue weighted by atomic mass is 35.5. The van der Waals surface area contributed by atoms with Crippen molar-refractivity contribution in [2.24, 2.45) is 5.92 Å². The van der Waals surface area contributed by atoms with Crippen molar-refractivity contribution in [3.8, 4) is 0 Å². The molecule has 17 heavy (non-hydrogen) atoms. The second kappa shape index (κ2) is 9.72. The van der Waals surface area contributed by atoms with Crippen molar-refractivity contribution >= 4 is 18.3 Å². The molecule has 0 bridgehead atoms. The Hall–Kier alpha value is -0.280. The van der Waals surface area contributed by atoms with Crippen LogP contribution in [0.3, 0.4) is 0 Å². The Morgan fingerprint density at radius 2 is 2.12 bits per heavy atom. The number of carbonyl (C=O) groups is 1. The van der Waals surface area contributed by atoms with E-state index in [4.69, 9.17) is 0 Å². The molecular weight excluding hydrogens is 236 g/mol. The maximum absolute atomic E-state index is 11.9. The van der Waals surface area contributed by atoms with Crippen molar-refractivity contribution in [2.75, 3.05) is 13.1 Å². The van der Waals surface area contributed by atoms with Gasteiger partial charge in [-0.05, 0) is 25.8 Å². The zero-order chi connectivity index (χ0) is 11.8. The highest BCUT2D eigenvalue weighted by Crippen LogP contribution is 2.11. The molecule has 102 valence electrons. The van der Waals surface area contributed by atoms with E-state index in [2.05, 4.69) is 24.5 Å². The van der Waals surface area contributed by atoms with Gasteiger partial charge >= 0.3 is 0 Å². The minimum absolute atomic E-state index is 0. The summed E-state index contributed by atoms with van der Waals surface area (Å²) < 4.78 is 0. The normalized spacial score (nSPS) is 20.7. The number of rotatable bonds is 7.